The Hall–Kier alpha value is -1.95. The molecule has 0 aromatic carbocycles. The largest absolute Gasteiger partial charge is 0.480 e. The maximum absolute atomic E-state index is 12.7. The average molecular weight is 292 g/mol. The number of nitrogens with one attached hydrogen (secondary N) is 1. The number of rotatable bonds is 3. The summed E-state index contributed by atoms with van der Waals surface area (Å²) in [6.07, 6.45) is -4.86. The van der Waals surface area contributed by atoms with Gasteiger partial charge in [0.15, 0.2) is 0 Å². The van der Waals surface area contributed by atoms with Gasteiger partial charge in [0.2, 0.25) is 5.56 Å². The van der Waals surface area contributed by atoms with Crippen molar-refractivity contribution in [3.05, 3.63) is 27.5 Å². The van der Waals surface area contributed by atoms with Crippen molar-refractivity contribution in [1.82, 2.24) is 4.98 Å². The highest BCUT2D eigenvalue weighted by atomic mass is 32.2. The number of hydrogen-bond acceptors (Lipinski definition) is 4. The maximum atomic E-state index is 12.7. The number of nitrogens with zero attached hydrogens (tertiary/aromatic N) is 1. The first kappa shape index (κ1) is 15.1. The smallest absolute Gasteiger partial charge is 0.417 e. The van der Waals surface area contributed by atoms with Crippen LogP contribution in [0.3, 0.4) is 0 Å². The van der Waals surface area contributed by atoms with Gasteiger partial charge in [-0.05, 0) is 6.92 Å². The Morgan fingerprint density at radius 1 is 1.58 bits per heavy atom. The number of aromatic amines is 1. The van der Waals surface area contributed by atoms with Crippen LogP contribution in [-0.4, -0.2) is 21.3 Å². The molecule has 0 bridgehead atoms. The summed E-state index contributed by atoms with van der Waals surface area (Å²) in [7, 11) is 0. The molecule has 1 aromatic rings. The molecule has 1 unspecified atom stereocenters. The Kier molecular flexibility index (Phi) is 4.26. The molecule has 0 aliphatic heterocycles. The summed E-state index contributed by atoms with van der Waals surface area (Å²) >= 11 is 0.470. The molecule has 0 saturated heterocycles. The van der Waals surface area contributed by atoms with Crippen LogP contribution in [0.5, 0.6) is 0 Å². The molecule has 0 amide bonds. The van der Waals surface area contributed by atoms with Crippen molar-refractivity contribution in [2.45, 2.75) is 23.4 Å². The lowest BCUT2D eigenvalue weighted by Gasteiger charge is -2.12. The van der Waals surface area contributed by atoms with E-state index < -0.39 is 39.1 Å². The zero-order chi connectivity index (χ0) is 14.8. The van der Waals surface area contributed by atoms with E-state index >= 15 is 0 Å². The van der Waals surface area contributed by atoms with E-state index in [0.717, 1.165) is 0 Å². The fourth-order valence-electron chi connectivity index (χ4n) is 1.19. The quantitative estimate of drug-likeness (QED) is 0.829. The summed E-state index contributed by atoms with van der Waals surface area (Å²) in [5.74, 6) is -1.27. The topological polar surface area (TPSA) is 94.0 Å². The molecule has 0 aliphatic rings. The predicted octanol–water partition coefficient (Wildman–Crippen LogP) is 1.83. The maximum Gasteiger partial charge on any atom is 0.417 e. The van der Waals surface area contributed by atoms with Crippen LogP contribution in [0, 0.1) is 11.3 Å². The minimum absolute atomic E-state index is 0.272. The highest BCUT2D eigenvalue weighted by Crippen LogP contribution is 2.35. The number of halogens is 3. The monoisotopic (exact) mass is 292 g/mol. The molecule has 1 heterocycles. The average Bonchev–Trinajstić information content (AvgIpc) is 2.26. The second kappa shape index (κ2) is 5.36. The van der Waals surface area contributed by atoms with E-state index in [2.05, 4.69) is 0 Å². The van der Waals surface area contributed by atoms with Gasteiger partial charge in [-0.2, -0.15) is 18.4 Å². The summed E-state index contributed by atoms with van der Waals surface area (Å²) < 4.78 is 38.0. The number of carbonyl (C=O) groups is 1. The number of nitriles is 1. The van der Waals surface area contributed by atoms with Crippen LogP contribution in [0.4, 0.5) is 13.2 Å². The number of thioether (sulfide) groups is 1. The van der Waals surface area contributed by atoms with Gasteiger partial charge in [-0.25, -0.2) is 0 Å². The van der Waals surface area contributed by atoms with Crippen molar-refractivity contribution in [3.63, 3.8) is 0 Å². The standard InChI is InChI=1S/C10H7F3N2O3S/c1-4(9(17)18)19-8-5(3-14)6(10(11,12)13)2-7(16)15-8/h2,4H,1H3,(H,15,16)(H,17,18). The summed E-state index contributed by atoms with van der Waals surface area (Å²) in [5, 5.41) is 15.9. The van der Waals surface area contributed by atoms with Gasteiger partial charge in [0.25, 0.3) is 0 Å². The predicted molar refractivity (Wildman–Crippen MR) is 59.7 cm³/mol. The van der Waals surface area contributed by atoms with Gasteiger partial charge in [-0.15, -0.1) is 0 Å². The third kappa shape index (κ3) is 3.51. The number of alkyl halides is 3. The SMILES string of the molecule is CC(Sc1[nH]c(=O)cc(C(F)(F)F)c1C#N)C(=O)O. The van der Waals surface area contributed by atoms with E-state index in [0.29, 0.717) is 11.8 Å². The lowest BCUT2D eigenvalue weighted by atomic mass is 10.1. The van der Waals surface area contributed by atoms with Crippen LogP contribution in [-0.2, 0) is 11.0 Å². The Morgan fingerprint density at radius 2 is 2.16 bits per heavy atom. The zero-order valence-electron chi connectivity index (χ0n) is 9.41. The molecule has 0 radical (unpaired) electrons. The molecular weight excluding hydrogens is 285 g/mol. The van der Waals surface area contributed by atoms with E-state index in [1.807, 2.05) is 4.98 Å². The van der Waals surface area contributed by atoms with Crippen molar-refractivity contribution < 1.29 is 23.1 Å². The molecule has 0 fully saturated rings. The van der Waals surface area contributed by atoms with Crippen LogP contribution in [0.25, 0.3) is 0 Å². The second-order valence-corrected chi connectivity index (χ2v) is 4.81. The van der Waals surface area contributed by atoms with Crippen molar-refractivity contribution in [2.24, 2.45) is 0 Å². The first-order chi connectivity index (χ1) is 8.66. The third-order valence-electron chi connectivity index (χ3n) is 2.07. The number of aliphatic carboxylic acids is 1. The molecule has 2 N–H and O–H groups in total. The number of carboxylic acid groups (broad SMARTS) is 1. The summed E-state index contributed by atoms with van der Waals surface area (Å²) in [6.45, 7) is 1.23. The van der Waals surface area contributed by atoms with Crippen LogP contribution in [0.2, 0.25) is 0 Å². The van der Waals surface area contributed by atoms with Gasteiger partial charge in [0, 0.05) is 6.07 Å². The van der Waals surface area contributed by atoms with Gasteiger partial charge < -0.3 is 10.1 Å². The molecular formula is C10H7F3N2O3S. The fraction of sp³-hybridized carbons (Fsp3) is 0.300. The van der Waals surface area contributed by atoms with Crippen molar-refractivity contribution in [2.75, 3.05) is 0 Å². The van der Waals surface area contributed by atoms with Crippen molar-refractivity contribution in [1.29, 1.82) is 5.26 Å². The molecule has 9 heteroatoms. The molecule has 1 atom stereocenters. The molecule has 1 rings (SSSR count). The van der Waals surface area contributed by atoms with E-state index in [1.165, 1.54) is 13.0 Å². The molecule has 0 spiro atoms. The zero-order valence-corrected chi connectivity index (χ0v) is 10.2. The summed E-state index contributed by atoms with van der Waals surface area (Å²) in [5.41, 5.74) is -3.21. The van der Waals surface area contributed by atoms with E-state index in [1.54, 1.807) is 0 Å². The summed E-state index contributed by atoms with van der Waals surface area (Å²) in [4.78, 5) is 23.9. The first-order valence-electron chi connectivity index (χ1n) is 4.81. The van der Waals surface area contributed by atoms with Crippen LogP contribution < -0.4 is 5.56 Å². The summed E-state index contributed by atoms with van der Waals surface area (Å²) in [6, 6.07) is 1.61. The number of hydrogen-bond donors (Lipinski definition) is 2. The molecule has 5 nitrogen and oxygen atoms in total. The van der Waals surface area contributed by atoms with Crippen molar-refractivity contribution >= 4 is 17.7 Å². The van der Waals surface area contributed by atoms with E-state index in [4.69, 9.17) is 10.4 Å². The Bertz CT molecular complexity index is 604. The lowest BCUT2D eigenvalue weighted by molar-refractivity contribution is -0.138. The van der Waals surface area contributed by atoms with Gasteiger partial charge in [0.05, 0.1) is 16.2 Å². The van der Waals surface area contributed by atoms with E-state index in [9.17, 15) is 22.8 Å². The number of carboxylic acids is 1. The molecule has 102 valence electrons. The lowest BCUT2D eigenvalue weighted by Crippen LogP contribution is -2.19. The Morgan fingerprint density at radius 3 is 2.58 bits per heavy atom. The minimum atomic E-state index is -4.86. The van der Waals surface area contributed by atoms with Gasteiger partial charge >= 0.3 is 12.1 Å². The van der Waals surface area contributed by atoms with Crippen LogP contribution in [0.1, 0.15) is 18.1 Å². The van der Waals surface area contributed by atoms with Gasteiger partial charge in [-0.3, -0.25) is 9.59 Å². The highest BCUT2D eigenvalue weighted by molar-refractivity contribution is 8.00. The highest BCUT2D eigenvalue weighted by Gasteiger charge is 2.36. The van der Waals surface area contributed by atoms with Crippen LogP contribution >= 0.6 is 11.8 Å². The Balaban J connectivity index is 3.41. The molecule has 0 aliphatic carbocycles. The van der Waals surface area contributed by atoms with Crippen LogP contribution in [0.15, 0.2) is 15.9 Å². The molecule has 1 aromatic heterocycles. The first-order valence-corrected chi connectivity index (χ1v) is 5.69. The number of pyridine rings is 1. The minimum Gasteiger partial charge on any atom is -0.480 e. The van der Waals surface area contributed by atoms with E-state index in [-0.39, 0.29) is 6.07 Å². The molecule has 19 heavy (non-hydrogen) atoms. The van der Waals surface area contributed by atoms with Crippen molar-refractivity contribution in [3.8, 4) is 6.07 Å². The second-order valence-electron chi connectivity index (χ2n) is 3.46. The normalized spacial score (nSPS) is 12.8. The number of H-pyrrole nitrogens is 1. The fourth-order valence-corrected chi connectivity index (χ4v) is 2.07. The molecule has 0 saturated carbocycles. The van der Waals surface area contributed by atoms with Gasteiger partial charge in [-0.1, -0.05) is 11.8 Å². The van der Waals surface area contributed by atoms with Gasteiger partial charge in [0.1, 0.15) is 11.3 Å². The number of aromatic nitrogens is 1. The Labute approximate surface area is 109 Å². The third-order valence-corrected chi connectivity index (χ3v) is 3.17.